The summed E-state index contributed by atoms with van der Waals surface area (Å²) >= 11 is 0. The third-order valence-corrected chi connectivity index (χ3v) is 5.48. The molecular weight excluding hydrogens is 318 g/mol. The molecule has 1 aromatic carbocycles. The first-order chi connectivity index (χ1) is 11.4. The minimum absolute atomic E-state index is 0.0235. The highest BCUT2D eigenvalue weighted by Crippen LogP contribution is 2.38. The Balaban J connectivity index is 2.22. The standard InChI is InChI=1S/C19H31NO3Si/c1-19(2,3)23-18(21)20-12-8-11-15(16(20)13-24)17(22-4)14-9-6-5-7-10-14/h5-7,9-10,15-17H,8,11-13H2,1-4,24H3. The highest BCUT2D eigenvalue weighted by Gasteiger charge is 2.39. The quantitative estimate of drug-likeness (QED) is 0.784. The molecular formula is C19H31NO3Si. The number of piperidine rings is 1. The molecule has 1 heterocycles. The van der Waals surface area contributed by atoms with Crippen LogP contribution in [0.25, 0.3) is 0 Å². The first kappa shape index (κ1) is 19.0. The molecule has 1 aliphatic heterocycles. The van der Waals surface area contributed by atoms with E-state index in [1.165, 1.54) is 5.56 Å². The van der Waals surface area contributed by atoms with Crippen molar-refractivity contribution in [3.63, 3.8) is 0 Å². The van der Waals surface area contributed by atoms with E-state index in [-0.39, 0.29) is 18.2 Å². The number of carbonyl (C=O) groups excluding carboxylic acids is 1. The third-order valence-electron chi connectivity index (χ3n) is 4.65. The highest BCUT2D eigenvalue weighted by atomic mass is 28.1. The van der Waals surface area contributed by atoms with Gasteiger partial charge in [0.2, 0.25) is 0 Å². The Morgan fingerprint density at radius 2 is 2.00 bits per heavy atom. The summed E-state index contributed by atoms with van der Waals surface area (Å²) in [6.07, 6.45) is 1.92. The van der Waals surface area contributed by atoms with E-state index in [0.717, 1.165) is 35.7 Å². The van der Waals surface area contributed by atoms with Crippen molar-refractivity contribution in [3.05, 3.63) is 35.9 Å². The van der Waals surface area contributed by atoms with E-state index in [9.17, 15) is 4.79 Å². The number of rotatable bonds is 4. The van der Waals surface area contributed by atoms with Crippen LogP contribution in [0, 0.1) is 5.92 Å². The van der Waals surface area contributed by atoms with Crippen molar-refractivity contribution in [3.8, 4) is 0 Å². The molecule has 1 aromatic rings. The van der Waals surface area contributed by atoms with Gasteiger partial charge in [0.15, 0.2) is 0 Å². The van der Waals surface area contributed by atoms with E-state index in [0.29, 0.717) is 5.92 Å². The molecule has 2 rings (SSSR count). The second-order valence-corrected chi connectivity index (χ2v) is 8.34. The molecule has 24 heavy (non-hydrogen) atoms. The topological polar surface area (TPSA) is 38.8 Å². The molecule has 1 aliphatic rings. The van der Waals surface area contributed by atoms with Gasteiger partial charge in [-0.15, -0.1) is 0 Å². The van der Waals surface area contributed by atoms with Crippen molar-refractivity contribution < 1.29 is 14.3 Å². The van der Waals surface area contributed by atoms with Crippen LogP contribution >= 0.6 is 0 Å². The van der Waals surface area contributed by atoms with Crippen LogP contribution in [-0.4, -0.2) is 46.5 Å². The van der Waals surface area contributed by atoms with E-state index in [4.69, 9.17) is 9.47 Å². The maximum absolute atomic E-state index is 12.7. The van der Waals surface area contributed by atoms with Gasteiger partial charge in [0.1, 0.15) is 5.60 Å². The summed E-state index contributed by atoms with van der Waals surface area (Å²) < 4.78 is 11.5. The second kappa shape index (κ2) is 8.16. The summed E-state index contributed by atoms with van der Waals surface area (Å²) in [6.45, 7) is 6.54. The van der Waals surface area contributed by atoms with Crippen molar-refractivity contribution in [2.45, 2.75) is 57.4 Å². The Morgan fingerprint density at radius 3 is 2.54 bits per heavy atom. The lowest BCUT2D eigenvalue weighted by molar-refractivity contribution is -0.0317. The van der Waals surface area contributed by atoms with E-state index in [2.05, 4.69) is 12.1 Å². The van der Waals surface area contributed by atoms with Gasteiger partial charge in [-0.3, -0.25) is 0 Å². The number of ether oxygens (including phenoxy) is 2. The largest absolute Gasteiger partial charge is 0.444 e. The molecule has 1 amide bonds. The van der Waals surface area contributed by atoms with Crippen molar-refractivity contribution in [1.29, 1.82) is 0 Å². The lowest BCUT2D eigenvalue weighted by Gasteiger charge is -2.44. The Kier molecular flexibility index (Phi) is 6.46. The van der Waals surface area contributed by atoms with Gasteiger partial charge < -0.3 is 14.4 Å². The van der Waals surface area contributed by atoms with Gasteiger partial charge in [-0.05, 0) is 45.2 Å². The number of likely N-dealkylation sites (tertiary alicyclic amines) is 1. The number of nitrogens with zero attached hydrogens (tertiary/aromatic N) is 1. The van der Waals surface area contributed by atoms with Crippen LogP contribution in [0.1, 0.15) is 45.3 Å². The predicted molar refractivity (Wildman–Crippen MR) is 100 cm³/mol. The summed E-state index contributed by atoms with van der Waals surface area (Å²) in [6, 6.07) is 11.6. The SMILES string of the molecule is COC(c1ccccc1)C1CCCN(C(=O)OC(C)(C)C)C1C[SiH3]. The molecule has 0 bridgehead atoms. The van der Waals surface area contributed by atoms with E-state index < -0.39 is 5.60 Å². The summed E-state index contributed by atoms with van der Waals surface area (Å²) in [5, 5.41) is 0. The molecule has 0 saturated carbocycles. The molecule has 0 aromatic heterocycles. The first-order valence-electron chi connectivity index (χ1n) is 8.94. The maximum Gasteiger partial charge on any atom is 0.410 e. The van der Waals surface area contributed by atoms with Gasteiger partial charge in [0.05, 0.1) is 6.10 Å². The Labute approximate surface area is 148 Å². The molecule has 0 N–H and O–H groups in total. The van der Waals surface area contributed by atoms with Crippen LogP contribution in [0.4, 0.5) is 4.79 Å². The lowest BCUT2D eigenvalue weighted by Crippen LogP contribution is -2.51. The van der Waals surface area contributed by atoms with Crippen molar-refractivity contribution in [2.24, 2.45) is 5.92 Å². The minimum Gasteiger partial charge on any atom is -0.444 e. The third kappa shape index (κ3) is 4.60. The summed E-state index contributed by atoms with van der Waals surface area (Å²) in [7, 11) is 2.82. The van der Waals surface area contributed by atoms with Gasteiger partial charge >= 0.3 is 6.09 Å². The Hall–Kier alpha value is -1.33. The van der Waals surface area contributed by atoms with Crippen LogP contribution in [0.5, 0.6) is 0 Å². The maximum atomic E-state index is 12.7. The summed E-state index contributed by atoms with van der Waals surface area (Å²) in [5.74, 6) is 0.316. The molecule has 0 spiro atoms. The summed E-state index contributed by atoms with van der Waals surface area (Å²) in [5.41, 5.74) is 0.732. The number of carbonyl (C=O) groups is 1. The highest BCUT2D eigenvalue weighted by molar-refractivity contribution is 6.09. The monoisotopic (exact) mass is 349 g/mol. The Bertz CT molecular complexity index is 529. The number of methoxy groups -OCH3 is 1. The zero-order valence-corrected chi connectivity index (χ0v) is 17.6. The van der Waals surface area contributed by atoms with E-state index >= 15 is 0 Å². The number of amides is 1. The molecule has 1 saturated heterocycles. The molecule has 3 unspecified atom stereocenters. The molecule has 3 atom stereocenters. The number of benzene rings is 1. The number of hydrogen-bond acceptors (Lipinski definition) is 3. The Morgan fingerprint density at radius 1 is 1.33 bits per heavy atom. The second-order valence-electron chi connectivity index (χ2n) is 7.52. The van der Waals surface area contributed by atoms with Crippen molar-refractivity contribution >= 4 is 16.3 Å². The van der Waals surface area contributed by atoms with Gasteiger partial charge in [0.25, 0.3) is 0 Å². The van der Waals surface area contributed by atoms with Crippen LogP contribution < -0.4 is 0 Å². The first-order valence-corrected chi connectivity index (χ1v) is 10.4. The van der Waals surface area contributed by atoms with Gasteiger partial charge in [-0.25, -0.2) is 4.79 Å². The van der Waals surface area contributed by atoms with Crippen LogP contribution in [0.15, 0.2) is 30.3 Å². The van der Waals surface area contributed by atoms with Crippen molar-refractivity contribution in [2.75, 3.05) is 13.7 Å². The van der Waals surface area contributed by atoms with E-state index in [1.54, 1.807) is 7.11 Å². The molecule has 134 valence electrons. The fourth-order valence-electron chi connectivity index (χ4n) is 3.71. The summed E-state index contributed by atoms with van der Waals surface area (Å²) in [4.78, 5) is 14.6. The zero-order chi connectivity index (χ0) is 17.7. The van der Waals surface area contributed by atoms with Crippen molar-refractivity contribution in [1.82, 2.24) is 4.90 Å². The molecule has 0 radical (unpaired) electrons. The predicted octanol–water partition coefficient (Wildman–Crippen LogP) is 3.17. The average Bonchev–Trinajstić information content (AvgIpc) is 2.54. The minimum atomic E-state index is -0.458. The molecule has 1 fully saturated rings. The van der Waals surface area contributed by atoms with Gasteiger partial charge in [-0.1, -0.05) is 30.3 Å². The van der Waals surface area contributed by atoms with Gasteiger partial charge in [-0.2, -0.15) is 0 Å². The lowest BCUT2D eigenvalue weighted by atomic mass is 9.82. The molecule has 5 heteroatoms. The van der Waals surface area contributed by atoms with Gasteiger partial charge in [0, 0.05) is 35.9 Å². The average molecular weight is 350 g/mol. The fourth-order valence-corrected chi connectivity index (χ4v) is 4.76. The number of hydrogen-bond donors (Lipinski definition) is 0. The molecule has 4 nitrogen and oxygen atoms in total. The van der Waals surface area contributed by atoms with Crippen LogP contribution in [0.3, 0.4) is 0 Å². The normalized spacial score (nSPS) is 23.1. The molecule has 0 aliphatic carbocycles. The van der Waals surface area contributed by atoms with E-state index in [1.807, 2.05) is 43.9 Å². The van der Waals surface area contributed by atoms with Crippen LogP contribution in [0.2, 0.25) is 6.04 Å². The fraction of sp³-hybridized carbons (Fsp3) is 0.632. The smallest absolute Gasteiger partial charge is 0.410 e. The zero-order valence-electron chi connectivity index (χ0n) is 15.6. The van der Waals surface area contributed by atoms with Crippen LogP contribution in [-0.2, 0) is 9.47 Å².